The number of carbonyl (C=O) groups is 1. The molecule has 0 spiro atoms. The second-order valence-electron chi connectivity index (χ2n) is 8.43. The van der Waals surface area contributed by atoms with E-state index in [1.54, 1.807) is 48.6 Å². The highest BCUT2D eigenvalue weighted by molar-refractivity contribution is 7.99. The van der Waals surface area contributed by atoms with Crippen molar-refractivity contribution < 1.29 is 13.2 Å². The highest BCUT2D eigenvalue weighted by atomic mass is 32.2. The van der Waals surface area contributed by atoms with Gasteiger partial charge in [0, 0.05) is 38.3 Å². The van der Waals surface area contributed by atoms with Crippen molar-refractivity contribution in [2.24, 2.45) is 0 Å². The zero-order valence-corrected chi connectivity index (χ0v) is 22.6. The minimum atomic E-state index is -3.56. The first kappa shape index (κ1) is 26.4. The first-order chi connectivity index (χ1) is 17.4. The molecule has 194 valence electrons. The number of hydrogen-bond donors (Lipinski definition) is 1. The van der Waals surface area contributed by atoms with Gasteiger partial charge in [0.1, 0.15) is 5.82 Å². The Morgan fingerprint density at radius 2 is 1.78 bits per heavy atom. The molecule has 3 aromatic rings. The van der Waals surface area contributed by atoms with E-state index in [0.717, 1.165) is 53.7 Å². The monoisotopic (exact) mass is 531 g/mol. The minimum Gasteiger partial charge on any atom is -0.356 e. The van der Waals surface area contributed by atoms with Gasteiger partial charge >= 0.3 is 0 Å². The number of amides is 1. The number of benzene rings is 1. The van der Waals surface area contributed by atoms with Crippen LogP contribution in [0.1, 0.15) is 44.0 Å². The normalized spacial score (nSPS) is 14.2. The van der Waals surface area contributed by atoms with Gasteiger partial charge in [-0.3, -0.25) is 4.79 Å². The molecular formula is C24H33N7O3S2. The van der Waals surface area contributed by atoms with Crippen molar-refractivity contribution in [3.8, 4) is 0 Å². The van der Waals surface area contributed by atoms with E-state index in [1.807, 2.05) is 0 Å². The van der Waals surface area contributed by atoms with E-state index in [-0.39, 0.29) is 10.8 Å². The number of anilines is 1. The van der Waals surface area contributed by atoms with Crippen LogP contribution in [-0.2, 0) is 16.6 Å². The van der Waals surface area contributed by atoms with Gasteiger partial charge in [-0.2, -0.15) is 9.40 Å². The fourth-order valence-electron chi connectivity index (χ4n) is 4.32. The lowest BCUT2D eigenvalue weighted by molar-refractivity contribution is 0.0952. The zero-order valence-electron chi connectivity index (χ0n) is 21.0. The van der Waals surface area contributed by atoms with E-state index in [0.29, 0.717) is 31.7 Å². The summed E-state index contributed by atoms with van der Waals surface area (Å²) in [6, 6.07) is 6.04. The number of thioether (sulfide) groups is 1. The van der Waals surface area contributed by atoms with Crippen LogP contribution < -0.4 is 10.2 Å². The van der Waals surface area contributed by atoms with E-state index in [2.05, 4.69) is 22.2 Å². The number of aromatic nitrogens is 4. The standard InChI is InChI=1S/C24H33N7O3S2/c1-4-30(5-2)36(33,34)19-11-9-18(10-12-19)23(32)25-13-16-31-22-20(17-26-31)21(29-14-7-8-15-29)27-24(28-22)35-6-3/h9-12,17H,4-8,13-16H2,1-3H3,(H,25,32). The molecule has 0 bridgehead atoms. The molecule has 1 amide bonds. The van der Waals surface area contributed by atoms with Crippen LogP contribution >= 0.6 is 11.8 Å². The van der Waals surface area contributed by atoms with Gasteiger partial charge in [-0.25, -0.2) is 23.1 Å². The Kier molecular flexibility index (Phi) is 8.47. The van der Waals surface area contributed by atoms with Gasteiger partial charge in [0.25, 0.3) is 5.91 Å². The van der Waals surface area contributed by atoms with Crippen molar-refractivity contribution in [1.82, 2.24) is 29.4 Å². The first-order valence-electron chi connectivity index (χ1n) is 12.4. The number of carbonyl (C=O) groups excluding carboxylic acids is 1. The topological polar surface area (TPSA) is 113 Å². The van der Waals surface area contributed by atoms with Crippen LogP contribution in [0.2, 0.25) is 0 Å². The van der Waals surface area contributed by atoms with Crippen LogP contribution in [-0.4, -0.2) is 76.9 Å². The molecule has 1 fully saturated rings. The Bertz CT molecular complexity index is 1300. The third-order valence-corrected chi connectivity index (χ3v) is 9.00. The second-order valence-corrected chi connectivity index (χ2v) is 11.6. The third-order valence-electron chi connectivity index (χ3n) is 6.20. The summed E-state index contributed by atoms with van der Waals surface area (Å²) in [6.07, 6.45) is 4.12. The molecule has 4 rings (SSSR count). The second kappa shape index (κ2) is 11.6. The molecule has 1 saturated heterocycles. The summed E-state index contributed by atoms with van der Waals surface area (Å²) in [6.45, 7) is 9.25. The van der Waals surface area contributed by atoms with E-state index < -0.39 is 10.0 Å². The number of sulfonamides is 1. The maximum atomic E-state index is 12.7. The van der Waals surface area contributed by atoms with Gasteiger partial charge in [-0.1, -0.05) is 32.5 Å². The van der Waals surface area contributed by atoms with Gasteiger partial charge in [-0.15, -0.1) is 0 Å². The molecule has 1 aromatic carbocycles. The Hall–Kier alpha value is -2.70. The van der Waals surface area contributed by atoms with Crippen LogP contribution in [0.3, 0.4) is 0 Å². The number of nitrogens with one attached hydrogen (secondary N) is 1. The summed E-state index contributed by atoms with van der Waals surface area (Å²) in [5, 5.41) is 9.08. The zero-order chi connectivity index (χ0) is 25.7. The smallest absolute Gasteiger partial charge is 0.251 e. The molecule has 36 heavy (non-hydrogen) atoms. The number of hydrogen-bond acceptors (Lipinski definition) is 8. The van der Waals surface area contributed by atoms with Crippen LogP contribution in [0.25, 0.3) is 11.0 Å². The van der Waals surface area contributed by atoms with Crippen molar-refractivity contribution in [3.05, 3.63) is 36.0 Å². The molecule has 0 aliphatic carbocycles. The Morgan fingerprint density at radius 1 is 1.08 bits per heavy atom. The molecular weight excluding hydrogens is 498 g/mol. The molecule has 12 heteroatoms. The van der Waals surface area contributed by atoms with E-state index in [1.165, 1.54) is 16.4 Å². The molecule has 3 heterocycles. The summed E-state index contributed by atoms with van der Waals surface area (Å²) in [5.41, 5.74) is 1.17. The summed E-state index contributed by atoms with van der Waals surface area (Å²) in [7, 11) is -3.56. The van der Waals surface area contributed by atoms with Crippen LogP contribution in [0.4, 0.5) is 5.82 Å². The Morgan fingerprint density at radius 3 is 2.42 bits per heavy atom. The summed E-state index contributed by atoms with van der Waals surface area (Å²) in [4.78, 5) is 24.7. The third kappa shape index (κ3) is 5.50. The SMILES string of the molecule is CCSc1nc(N2CCCC2)c2cnn(CCNC(=O)c3ccc(S(=O)(=O)N(CC)CC)cc3)c2n1. The molecule has 0 saturated carbocycles. The van der Waals surface area contributed by atoms with Crippen LogP contribution in [0, 0.1) is 0 Å². The average Bonchev–Trinajstić information content (AvgIpc) is 3.55. The minimum absolute atomic E-state index is 0.181. The van der Waals surface area contributed by atoms with Crippen molar-refractivity contribution in [2.75, 3.05) is 43.4 Å². The fourth-order valence-corrected chi connectivity index (χ4v) is 6.33. The predicted molar refractivity (Wildman–Crippen MR) is 142 cm³/mol. The lowest BCUT2D eigenvalue weighted by Crippen LogP contribution is -2.31. The largest absolute Gasteiger partial charge is 0.356 e. The van der Waals surface area contributed by atoms with Crippen LogP contribution in [0.15, 0.2) is 40.5 Å². The molecule has 0 radical (unpaired) electrons. The number of fused-ring (bicyclic) bond motifs is 1. The highest BCUT2D eigenvalue weighted by Crippen LogP contribution is 2.29. The Balaban J connectivity index is 1.44. The molecule has 10 nitrogen and oxygen atoms in total. The van der Waals surface area contributed by atoms with Gasteiger partial charge in [0.05, 0.1) is 23.0 Å². The maximum absolute atomic E-state index is 12.7. The summed E-state index contributed by atoms with van der Waals surface area (Å²) < 4.78 is 28.5. The summed E-state index contributed by atoms with van der Waals surface area (Å²) in [5.74, 6) is 1.54. The van der Waals surface area contributed by atoms with Gasteiger partial charge < -0.3 is 10.2 Å². The average molecular weight is 532 g/mol. The van der Waals surface area contributed by atoms with Gasteiger partial charge in [0.2, 0.25) is 10.0 Å². The van der Waals surface area contributed by atoms with E-state index in [9.17, 15) is 13.2 Å². The molecule has 0 unspecified atom stereocenters. The Labute approximate surface area is 216 Å². The van der Waals surface area contributed by atoms with Gasteiger partial charge in [0.15, 0.2) is 10.8 Å². The van der Waals surface area contributed by atoms with Crippen LogP contribution in [0.5, 0.6) is 0 Å². The molecule has 1 aliphatic heterocycles. The number of nitrogens with zero attached hydrogens (tertiary/aromatic N) is 6. The molecule has 0 atom stereocenters. The van der Waals surface area contributed by atoms with Crippen molar-refractivity contribution in [3.63, 3.8) is 0 Å². The summed E-state index contributed by atoms with van der Waals surface area (Å²) >= 11 is 1.60. The van der Waals surface area contributed by atoms with E-state index in [4.69, 9.17) is 9.97 Å². The van der Waals surface area contributed by atoms with Gasteiger partial charge in [-0.05, 0) is 42.9 Å². The highest BCUT2D eigenvalue weighted by Gasteiger charge is 2.22. The lowest BCUT2D eigenvalue weighted by Gasteiger charge is -2.18. The predicted octanol–water partition coefficient (Wildman–Crippen LogP) is 3.00. The number of rotatable bonds is 11. The first-order valence-corrected chi connectivity index (χ1v) is 14.8. The maximum Gasteiger partial charge on any atom is 0.251 e. The van der Waals surface area contributed by atoms with Crippen molar-refractivity contribution in [2.45, 2.75) is 50.2 Å². The quantitative estimate of drug-likeness (QED) is 0.297. The molecule has 1 N–H and O–H groups in total. The molecule has 2 aromatic heterocycles. The molecule has 1 aliphatic rings. The lowest BCUT2D eigenvalue weighted by atomic mass is 10.2. The van der Waals surface area contributed by atoms with E-state index >= 15 is 0 Å². The van der Waals surface area contributed by atoms with Crippen molar-refractivity contribution in [1.29, 1.82) is 0 Å². The van der Waals surface area contributed by atoms with Crippen molar-refractivity contribution >= 4 is 44.5 Å². The fraction of sp³-hybridized carbons (Fsp3) is 0.500.